The van der Waals surface area contributed by atoms with Gasteiger partial charge in [0.05, 0.1) is 11.3 Å². The molecule has 2 fully saturated rings. The summed E-state index contributed by atoms with van der Waals surface area (Å²) >= 11 is 0. The third kappa shape index (κ3) is 4.40. The summed E-state index contributed by atoms with van der Waals surface area (Å²) in [7, 11) is -3.18. The Hall–Kier alpha value is -0.660. The van der Waals surface area contributed by atoms with Gasteiger partial charge in [-0.3, -0.25) is 4.79 Å². The summed E-state index contributed by atoms with van der Waals surface area (Å²) in [5, 5.41) is 3.03. The van der Waals surface area contributed by atoms with Crippen molar-refractivity contribution in [2.24, 2.45) is 5.73 Å². The maximum absolute atomic E-state index is 12.1. The molecule has 7 heteroatoms. The molecule has 0 bridgehead atoms. The van der Waals surface area contributed by atoms with E-state index in [9.17, 15) is 13.2 Å². The fourth-order valence-corrected chi connectivity index (χ4v) is 4.88. The van der Waals surface area contributed by atoms with Gasteiger partial charge < -0.3 is 11.1 Å². The molecule has 1 heterocycles. The molecule has 0 atom stereocenters. The lowest BCUT2D eigenvalue weighted by molar-refractivity contribution is -0.122. The zero-order valence-electron chi connectivity index (χ0n) is 12.6. The molecule has 21 heavy (non-hydrogen) atoms. The normalized spacial score (nSPS) is 22.5. The van der Waals surface area contributed by atoms with Crippen LogP contribution in [-0.4, -0.2) is 49.6 Å². The number of nitrogens with one attached hydrogen (secondary N) is 1. The minimum absolute atomic E-state index is 0.0655. The Morgan fingerprint density at radius 3 is 2.33 bits per heavy atom. The van der Waals surface area contributed by atoms with Crippen molar-refractivity contribution >= 4 is 15.9 Å². The molecule has 1 aliphatic heterocycles. The highest BCUT2D eigenvalue weighted by Gasteiger charge is 2.33. The summed E-state index contributed by atoms with van der Waals surface area (Å²) in [4.78, 5) is 12.0. The molecule has 2 aliphatic rings. The van der Waals surface area contributed by atoms with Crippen molar-refractivity contribution in [3.8, 4) is 0 Å². The number of nitrogens with zero attached hydrogens (tertiary/aromatic N) is 1. The van der Waals surface area contributed by atoms with Crippen molar-refractivity contribution < 1.29 is 13.2 Å². The maximum Gasteiger partial charge on any atom is 0.220 e. The number of amides is 1. The lowest BCUT2D eigenvalue weighted by Crippen LogP contribution is -2.51. The van der Waals surface area contributed by atoms with Gasteiger partial charge in [0.2, 0.25) is 15.9 Å². The van der Waals surface area contributed by atoms with E-state index in [2.05, 4.69) is 5.32 Å². The summed E-state index contributed by atoms with van der Waals surface area (Å²) in [5.74, 6) is -0.00488. The fraction of sp³-hybridized carbons (Fsp3) is 0.929. The van der Waals surface area contributed by atoms with Crippen LogP contribution in [0.4, 0.5) is 0 Å². The molecule has 0 aromatic carbocycles. The molecule has 1 saturated heterocycles. The molecule has 3 N–H and O–H groups in total. The van der Waals surface area contributed by atoms with E-state index < -0.39 is 10.0 Å². The van der Waals surface area contributed by atoms with Gasteiger partial charge in [0, 0.05) is 26.1 Å². The third-order valence-electron chi connectivity index (χ3n) is 4.62. The Labute approximate surface area is 127 Å². The van der Waals surface area contributed by atoms with Crippen LogP contribution in [0.25, 0.3) is 0 Å². The molecule has 0 radical (unpaired) electrons. The monoisotopic (exact) mass is 317 g/mol. The summed E-state index contributed by atoms with van der Waals surface area (Å²) in [6.45, 7) is 1.72. The van der Waals surface area contributed by atoms with Crippen LogP contribution >= 0.6 is 0 Å². The Balaban J connectivity index is 1.74. The average molecular weight is 317 g/mol. The third-order valence-corrected chi connectivity index (χ3v) is 6.58. The van der Waals surface area contributed by atoms with Gasteiger partial charge in [-0.1, -0.05) is 12.8 Å². The van der Waals surface area contributed by atoms with Crippen LogP contribution in [0.5, 0.6) is 0 Å². The van der Waals surface area contributed by atoms with Crippen molar-refractivity contribution in [2.75, 3.05) is 25.4 Å². The van der Waals surface area contributed by atoms with Gasteiger partial charge in [0.15, 0.2) is 0 Å². The number of carbonyl (C=O) groups excluding carboxylic acids is 1. The number of hydrogen-bond acceptors (Lipinski definition) is 4. The quantitative estimate of drug-likeness (QED) is 0.718. The van der Waals surface area contributed by atoms with Gasteiger partial charge >= 0.3 is 0 Å². The average Bonchev–Trinajstić information content (AvgIpc) is 3.10. The Morgan fingerprint density at radius 1 is 1.14 bits per heavy atom. The van der Waals surface area contributed by atoms with Crippen molar-refractivity contribution in [1.29, 1.82) is 0 Å². The van der Waals surface area contributed by atoms with Gasteiger partial charge in [-0.05, 0) is 32.1 Å². The molecule has 1 saturated carbocycles. The van der Waals surface area contributed by atoms with E-state index >= 15 is 0 Å². The van der Waals surface area contributed by atoms with Crippen LogP contribution in [-0.2, 0) is 14.8 Å². The molecular weight excluding hydrogens is 290 g/mol. The second-order valence-corrected chi connectivity index (χ2v) is 8.35. The minimum Gasteiger partial charge on any atom is -0.349 e. The van der Waals surface area contributed by atoms with Crippen LogP contribution in [0.15, 0.2) is 0 Å². The van der Waals surface area contributed by atoms with Crippen LogP contribution in [0.3, 0.4) is 0 Å². The Kier molecular flexibility index (Phi) is 5.62. The van der Waals surface area contributed by atoms with E-state index in [1.54, 1.807) is 4.31 Å². The van der Waals surface area contributed by atoms with Gasteiger partial charge in [0.25, 0.3) is 0 Å². The van der Waals surface area contributed by atoms with Gasteiger partial charge in [-0.2, -0.15) is 0 Å². The van der Waals surface area contributed by atoms with E-state index in [-0.39, 0.29) is 23.6 Å². The first-order valence-electron chi connectivity index (χ1n) is 7.96. The molecule has 6 nitrogen and oxygen atoms in total. The molecule has 122 valence electrons. The maximum atomic E-state index is 12.1. The predicted molar refractivity (Wildman–Crippen MR) is 82.2 cm³/mol. The van der Waals surface area contributed by atoms with Crippen LogP contribution < -0.4 is 11.1 Å². The first-order valence-corrected chi connectivity index (χ1v) is 9.57. The second-order valence-electron chi connectivity index (χ2n) is 6.27. The molecule has 0 aromatic rings. The first kappa shape index (κ1) is 16.7. The van der Waals surface area contributed by atoms with Gasteiger partial charge in [-0.15, -0.1) is 0 Å². The van der Waals surface area contributed by atoms with Crippen molar-refractivity contribution in [3.63, 3.8) is 0 Å². The highest BCUT2D eigenvalue weighted by Crippen LogP contribution is 2.28. The smallest absolute Gasteiger partial charge is 0.220 e. The molecule has 1 aliphatic carbocycles. The zero-order chi connectivity index (χ0) is 15.3. The van der Waals surface area contributed by atoms with Crippen molar-refractivity contribution in [2.45, 2.75) is 56.9 Å². The molecular formula is C14H27N3O3S. The molecule has 0 aromatic heterocycles. The highest BCUT2D eigenvalue weighted by molar-refractivity contribution is 7.89. The van der Waals surface area contributed by atoms with Crippen LogP contribution in [0.2, 0.25) is 0 Å². The topological polar surface area (TPSA) is 92.5 Å². The van der Waals surface area contributed by atoms with E-state index in [1.165, 1.54) is 0 Å². The Bertz CT molecular complexity index is 452. The van der Waals surface area contributed by atoms with E-state index in [4.69, 9.17) is 5.73 Å². The van der Waals surface area contributed by atoms with E-state index in [0.717, 1.165) is 38.5 Å². The number of sulfonamides is 1. The summed E-state index contributed by atoms with van der Waals surface area (Å²) < 4.78 is 25.6. The summed E-state index contributed by atoms with van der Waals surface area (Å²) in [6, 6.07) is 0. The number of hydrogen-bond donors (Lipinski definition) is 2. The molecule has 1 amide bonds. The number of rotatable bonds is 7. The molecule has 0 unspecified atom stereocenters. The lowest BCUT2D eigenvalue weighted by Gasteiger charge is -2.28. The first-order chi connectivity index (χ1) is 9.97. The minimum atomic E-state index is -3.18. The predicted octanol–water partition coefficient (Wildman–Crippen LogP) is 0.580. The summed E-state index contributed by atoms with van der Waals surface area (Å²) in [5.41, 5.74) is 5.54. The van der Waals surface area contributed by atoms with E-state index in [1.807, 2.05) is 0 Å². The SMILES string of the molecule is NCC1(NC(=O)CCCS(=O)(=O)N2CCCC2)CCCC1. The largest absolute Gasteiger partial charge is 0.349 e. The second kappa shape index (κ2) is 7.07. The summed E-state index contributed by atoms with van der Waals surface area (Å²) in [6.07, 6.45) is 6.59. The fourth-order valence-electron chi connectivity index (χ4n) is 3.30. The lowest BCUT2D eigenvalue weighted by atomic mass is 9.97. The van der Waals surface area contributed by atoms with Crippen molar-refractivity contribution in [3.05, 3.63) is 0 Å². The number of nitrogens with two attached hydrogens (primary N) is 1. The van der Waals surface area contributed by atoms with Gasteiger partial charge in [0.1, 0.15) is 0 Å². The van der Waals surface area contributed by atoms with Crippen molar-refractivity contribution in [1.82, 2.24) is 9.62 Å². The number of carbonyl (C=O) groups is 1. The Morgan fingerprint density at radius 2 is 1.76 bits per heavy atom. The van der Waals surface area contributed by atoms with Crippen LogP contribution in [0, 0.1) is 0 Å². The van der Waals surface area contributed by atoms with Crippen LogP contribution in [0.1, 0.15) is 51.4 Å². The van der Waals surface area contributed by atoms with Gasteiger partial charge in [-0.25, -0.2) is 12.7 Å². The standard InChI is InChI=1S/C14H27N3O3S/c15-12-14(7-1-2-8-14)16-13(18)6-5-11-21(19,20)17-9-3-4-10-17/h1-12,15H2,(H,16,18). The zero-order valence-corrected chi connectivity index (χ0v) is 13.5. The highest BCUT2D eigenvalue weighted by atomic mass is 32.2. The van der Waals surface area contributed by atoms with E-state index in [0.29, 0.717) is 26.1 Å². The molecule has 0 spiro atoms. The molecule has 2 rings (SSSR count).